The van der Waals surface area contributed by atoms with Crippen LogP contribution in [0.1, 0.15) is 265 Å². The van der Waals surface area contributed by atoms with Gasteiger partial charge in [-0.05, 0) is 103 Å². The van der Waals surface area contributed by atoms with Crippen LogP contribution in [0.3, 0.4) is 0 Å². The summed E-state index contributed by atoms with van der Waals surface area (Å²) in [5, 5.41) is 0. The number of unbranched alkanes of at least 4 members (excludes halogenated alkanes) is 24. The van der Waals surface area contributed by atoms with Gasteiger partial charge in [-0.25, -0.2) is 0 Å². The molecule has 0 radical (unpaired) electrons. The molecule has 1 atom stereocenters. The minimum atomic E-state index is -0.806. The second-order valence-corrected chi connectivity index (χ2v) is 18.8. The lowest BCUT2D eigenvalue weighted by atomic mass is 10.1. The number of hydrogen-bond donors (Lipinski definition) is 0. The van der Waals surface area contributed by atoms with Crippen LogP contribution in [0.2, 0.25) is 0 Å². The van der Waals surface area contributed by atoms with Gasteiger partial charge in [0.25, 0.3) is 0 Å². The van der Waals surface area contributed by atoms with Crippen LogP contribution in [-0.4, -0.2) is 37.2 Å². The lowest BCUT2D eigenvalue weighted by Crippen LogP contribution is -2.30. The Hall–Kier alpha value is -3.67. The summed E-state index contributed by atoms with van der Waals surface area (Å²) in [5.41, 5.74) is 0. The van der Waals surface area contributed by atoms with Crippen molar-refractivity contribution in [1.82, 2.24) is 0 Å². The van der Waals surface area contributed by atoms with Crippen molar-refractivity contribution in [3.63, 3.8) is 0 Å². The van der Waals surface area contributed by atoms with Gasteiger partial charge >= 0.3 is 17.9 Å². The van der Waals surface area contributed by atoms with Gasteiger partial charge in [0, 0.05) is 19.3 Å². The molecular formula is C63H106O6. The summed E-state index contributed by atoms with van der Waals surface area (Å²) in [6, 6.07) is 0. The molecule has 0 aliphatic heterocycles. The lowest BCUT2D eigenvalue weighted by Gasteiger charge is -2.18. The third kappa shape index (κ3) is 55.1. The second-order valence-electron chi connectivity index (χ2n) is 18.8. The third-order valence-corrected chi connectivity index (χ3v) is 12.1. The van der Waals surface area contributed by atoms with Gasteiger partial charge in [0.05, 0.1) is 0 Å². The largest absolute Gasteiger partial charge is 0.462 e. The van der Waals surface area contributed by atoms with Crippen molar-refractivity contribution < 1.29 is 28.6 Å². The van der Waals surface area contributed by atoms with Gasteiger partial charge in [-0.3, -0.25) is 14.4 Å². The van der Waals surface area contributed by atoms with Gasteiger partial charge in [0.2, 0.25) is 0 Å². The summed E-state index contributed by atoms with van der Waals surface area (Å²) in [7, 11) is 0. The maximum atomic E-state index is 12.9. The number of allylic oxidation sites excluding steroid dienone is 16. The van der Waals surface area contributed by atoms with Crippen LogP contribution in [0.5, 0.6) is 0 Å². The Morgan fingerprint density at radius 1 is 0.304 bits per heavy atom. The molecule has 0 aromatic rings. The van der Waals surface area contributed by atoms with Gasteiger partial charge in [-0.2, -0.15) is 0 Å². The molecule has 394 valence electrons. The van der Waals surface area contributed by atoms with Crippen molar-refractivity contribution in [3.8, 4) is 0 Å². The Kier molecular flexibility index (Phi) is 53.9. The fourth-order valence-electron chi connectivity index (χ4n) is 7.82. The fourth-order valence-corrected chi connectivity index (χ4v) is 7.82. The number of carbonyl (C=O) groups excluding carboxylic acids is 3. The number of hydrogen-bond acceptors (Lipinski definition) is 6. The Morgan fingerprint density at radius 2 is 0.594 bits per heavy atom. The number of rotatable bonds is 51. The van der Waals surface area contributed by atoms with Crippen molar-refractivity contribution in [2.75, 3.05) is 13.2 Å². The van der Waals surface area contributed by atoms with Crippen molar-refractivity contribution in [1.29, 1.82) is 0 Å². The van der Waals surface area contributed by atoms with Gasteiger partial charge in [-0.15, -0.1) is 0 Å². The van der Waals surface area contributed by atoms with Gasteiger partial charge in [0.15, 0.2) is 6.10 Å². The first-order valence-corrected chi connectivity index (χ1v) is 28.7. The van der Waals surface area contributed by atoms with Crippen LogP contribution in [-0.2, 0) is 28.6 Å². The maximum Gasteiger partial charge on any atom is 0.306 e. The highest BCUT2D eigenvalue weighted by molar-refractivity contribution is 5.71. The third-order valence-electron chi connectivity index (χ3n) is 12.1. The quantitative estimate of drug-likeness (QED) is 0.0262. The summed E-state index contributed by atoms with van der Waals surface area (Å²) in [6.45, 7) is 6.36. The van der Waals surface area contributed by atoms with E-state index in [4.69, 9.17) is 14.2 Å². The summed E-state index contributed by atoms with van der Waals surface area (Å²) >= 11 is 0. The molecular weight excluding hydrogens is 853 g/mol. The van der Waals surface area contributed by atoms with Gasteiger partial charge in [0.1, 0.15) is 13.2 Å². The molecule has 0 aliphatic rings. The monoisotopic (exact) mass is 959 g/mol. The molecule has 0 saturated carbocycles. The van der Waals surface area contributed by atoms with E-state index < -0.39 is 6.10 Å². The zero-order valence-corrected chi connectivity index (χ0v) is 45.0. The fraction of sp³-hybridized carbons (Fsp3) is 0.698. The number of esters is 3. The summed E-state index contributed by atoms with van der Waals surface area (Å²) in [5.74, 6) is -0.978. The van der Waals surface area contributed by atoms with E-state index in [0.29, 0.717) is 19.3 Å². The first-order chi connectivity index (χ1) is 34.0. The van der Waals surface area contributed by atoms with E-state index in [9.17, 15) is 14.4 Å². The number of ether oxygens (including phenoxy) is 3. The maximum absolute atomic E-state index is 12.9. The first kappa shape index (κ1) is 65.3. The van der Waals surface area contributed by atoms with Crippen LogP contribution < -0.4 is 0 Å². The van der Waals surface area contributed by atoms with Crippen LogP contribution in [0.15, 0.2) is 97.2 Å². The zero-order chi connectivity index (χ0) is 50.0. The van der Waals surface area contributed by atoms with Gasteiger partial charge < -0.3 is 14.2 Å². The van der Waals surface area contributed by atoms with Crippen molar-refractivity contribution in [2.45, 2.75) is 271 Å². The Labute approximate surface area is 426 Å². The Morgan fingerprint density at radius 3 is 0.971 bits per heavy atom. The molecule has 0 N–H and O–H groups in total. The van der Waals surface area contributed by atoms with Crippen molar-refractivity contribution in [3.05, 3.63) is 97.2 Å². The molecule has 0 fully saturated rings. The van der Waals surface area contributed by atoms with E-state index in [0.717, 1.165) is 96.3 Å². The van der Waals surface area contributed by atoms with Crippen LogP contribution >= 0.6 is 0 Å². The Bertz CT molecular complexity index is 1380. The van der Waals surface area contributed by atoms with Crippen molar-refractivity contribution in [2.24, 2.45) is 0 Å². The summed E-state index contributed by atoms with van der Waals surface area (Å²) in [6.07, 6.45) is 75.5. The standard InChI is InChI=1S/C63H106O6/c1-4-7-10-13-16-19-22-25-27-29-31-33-35-38-41-44-47-50-53-56-62(65)68-59-60(58-67-61(64)55-52-49-46-43-40-37-24-21-18-15-12-9-6-3)69-63(66)57-54-51-48-45-42-39-36-34-32-30-28-26-23-20-17-14-11-8-5-2/h7-8,10-11,16-17,19-20,25-28,37,40,46,49,60H,4-6,9,12-15,18,21-24,29-36,38-39,41-45,47-48,50-59H2,1-3H3/b10-7-,11-8-,19-16-,20-17-,27-25-,28-26-,40-37-,49-46-. The van der Waals surface area contributed by atoms with Crippen LogP contribution in [0.4, 0.5) is 0 Å². The predicted octanol–water partition coefficient (Wildman–Crippen LogP) is 19.3. The molecule has 0 aliphatic carbocycles. The lowest BCUT2D eigenvalue weighted by molar-refractivity contribution is -0.166. The minimum absolute atomic E-state index is 0.0998. The van der Waals surface area contributed by atoms with E-state index in [2.05, 4.69) is 112 Å². The molecule has 0 amide bonds. The average Bonchev–Trinajstić information content (AvgIpc) is 3.35. The summed E-state index contributed by atoms with van der Waals surface area (Å²) in [4.78, 5) is 38.1. The van der Waals surface area contributed by atoms with E-state index in [-0.39, 0.29) is 37.5 Å². The molecule has 1 unspecified atom stereocenters. The van der Waals surface area contributed by atoms with Crippen molar-refractivity contribution >= 4 is 17.9 Å². The highest BCUT2D eigenvalue weighted by atomic mass is 16.6. The van der Waals surface area contributed by atoms with E-state index in [1.807, 2.05) is 6.08 Å². The highest BCUT2D eigenvalue weighted by Gasteiger charge is 2.19. The molecule has 6 heteroatoms. The van der Waals surface area contributed by atoms with Crippen LogP contribution in [0.25, 0.3) is 0 Å². The zero-order valence-electron chi connectivity index (χ0n) is 45.0. The predicted molar refractivity (Wildman–Crippen MR) is 297 cm³/mol. The Balaban J connectivity index is 4.42. The highest BCUT2D eigenvalue weighted by Crippen LogP contribution is 2.15. The molecule has 0 saturated heterocycles. The minimum Gasteiger partial charge on any atom is -0.462 e. The second kappa shape index (κ2) is 56.9. The molecule has 0 bridgehead atoms. The molecule has 0 rings (SSSR count). The van der Waals surface area contributed by atoms with E-state index >= 15 is 0 Å². The molecule has 6 nitrogen and oxygen atoms in total. The van der Waals surface area contributed by atoms with E-state index in [1.54, 1.807) is 0 Å². The first-order valence-electron chi connectivity index (χ1n) is 28.7. The van der Waals surface area contributed by atoms with E-state index in [1.165, 1.54) is 122 Å². The summed E-state index contributed by atoms with van der Waals surface area (Å²) < 4.78 is 16.8. The topological polar surface area (TPSA) is 78.9 Å². The smallest absolute Gasteiger partial charge is 0.306 e. The van der Waals surface area contributed by atoms with Gasteiger partial charge in [-0.1, -0.05) is 240 Å². The van der Waals surface area contributed by atoms with Crippen LogP contribution in [0, 0.1) is 0 Å². The normalized spacial score (nSPS) is 12.8. The SMILES string of the molecule is CC/C=C\C/C=C\C/C=C\CCCCCCCCCCCC(=O)OCC(COC(=O)CC/C=C\C/C=C\CCCCCCCC)OC(=O)CCCCCCCCCCC/C=C\C/C=C\C/C=C\CC. The molecule has 0 aromatic carbocycles. The molecule has 69 heavy (non-hydrogen) atoms. The average molecular weight is 960 g/mol. The number of carbonyl (C=O) groups is 3. The molecule has 0 aromatic heterocycles. The molecule has 0 spiro atoms. The molecule has 0 heterocycles.